The predicted octanol–water partition coefficient (Wildman–Crippen LogP) is 0.815. The Morgan fingerprint density at radius 1 is 1.45 bits per heavy atom. The quantitative estimate of drug-likeness (QED) is 0.594. The number of rotatable bonds is 6. The highest BCUT2D eigenvalue weighted by Gasteiger charge is 2.21. The number of aldehydes is 1. The predicted molar refractivity (Wildman–Crippen MR) is 71.4 cm³/mol. The molecule has 0 aliphatic heterocycles. The number of benzene rings is 1. The fourth-order valence-electron chi connectivity index (χ4n) is 1.74. The van der Waals surface area contributed by atoms with Gasteiger partial charge in [0.25, 0.3) is 0 Å². The summed E-state index contributed by atoms with van der Waals surface area (Å²) in [6.45, 7) is 3.19. The minimum absolute atomic E-state index is 0.129. The third-order valence-corrected chi connectivity index (χ3v) is 2.61. The van der Waals surface area contributed by atoms with E-state index in [-0.39, 0.29) is 30.2 Å². The Bertz CT molecular complexity index is 512. The van der Waals surface area contributed by atoms with Crippen LogP contribution in [0.2, 0.25) is 0 Å². The first kappa shape index (κ1) is 15.7. The zero-order valence-electron chi connectivity index (χ0n) is 11.4. The van der Waals surface area contributed by atoms with Gasteiger partial charge in [0.1, 0.15) is 11.8 Å². The molecule has 0 aliphatic rings. The van der Waals surface area contributed by atoms with Crippen molar-refractivity contribution < 1.29 is 24.2 Å². The van der Waals surface area contributed by atoms with Gasteiger partial charge in [-0.05, 0) is 24.6 Å². The second kappa shape index (κ2) is 7.28. The van der Waals surface area contributed by atoms with Crippen LogP contribution in [-0.4, -0.2) is 35.9 Å². The molecule has 0 radical (unpaired) electrons. The van der Waals surface area contributed by atoms with Gasteiger partial charge in [-0.25, -0.2) is 4.79 Å². The lowest BCUT2D eigenvalue weighted by atomic mass is 10.0. The average Bonchev–Trinajstić information content (AvgIpc) is 2.39. The zero-order valence-corrected chi connectivity index (χ0v) is 11.4. The van der Waals surface area contributed by atoms with E-state index in [1.165, 1.54) is 19.1 Å². The van der Waals surface area contributed by atoms with Gasteiger partial charge in [0.2, 0.25) is 5.91 Å². The summed E-state index contributed by atoms with van der Waals surface area (Å²) in [5, 5.41) is 11.9. The molecular weight excluding hydrogens is 262 g/mol. The molecule has 0 aromatic heterocycles. The topological polar surface area (TPSA) is 92.7 Å². The molecular formula is C14H17NO5. The maximum Gasteiger partial charge on any atom is 0.328 e. The molecule has 0 fully saturated rings. The summed E-state index contributed by atoms with van der Waals surface area (Å²) in [6, 6.07) is 3.60. The molecule has 2 N–H and O–H groups in total. The Labute approximate surface area is 116 Å². The van der Waals surface area contributed by atoms with Gasteiger partial charge in [-0.3, -0.25) is 9.59 Å². The van der Waals surface area contributed by atoms with Gasteiger partial charge in [-0.2, -0.15) is 0 Å². The summed E-state index contributed by atoms with van der Waals surface area (Å²) < 4.78 is 4.88. The van der Waals surface area contributed by atoms with E-state index in [0.717, 1.165) is 0 Å². The van der Waals surface area contributed by atoms with Crippen LogP contribution >= 0.6 is 0 Å². The Balaban J connectivity index is 2.91. The van der Waals surface area contributed by atoms with E-state index in [9.17, 15) is 19.5 Å². The molecule has 1 atom stereocenters. The van der Waals surface area contributed by atoms with Gasteiger partial charge in [0, 0.05) is 13.3 Å². The number of nitrogens with one attached hydrogen (secondary N) is 1. The molecule has 1 amide bonds. The number of carbonyl (C=O) groups is 3. The summed E-state index contributed by atoms with van der Waals surface area (Å²) in [5.74, 6) is -1.02. The standard InChI is InChI=1S/C14H17NO5/c1-3-20-14(19)12(15-9(2)17)7-10-4-5-13(18)11(6-10)8-16/h4-6,8,12,18H,3,7H2,1-2H3,(H,15,17)/t12-/m1/s1. The van der Waals surface area contributed by atoms with E-state index in [1.807, 2.05) is 0 Å². The van der Waals surface area contributed by atoms with Gasteiger partial charge < -0.3 is 15.2 Å². The van der Waals surface area contributed by atoms with Crippen LogP contribution in [0.25, 0.3) is 0 Å². The molecule has 20 heavy (non-hydrogen) atoms. The Kier molecular flexibility index (Phi) is 5.71. The number of esters is 1. The Morgan fingerprint density at radius 2 is 2.15 bits per heavy atom. The highest BCUT2D eigenvalue weighted by Crippen LogP contribution is 2.17. The van der Waals surface area contributed by atoms with Crippen molar-refractivity contribution in [2.45, 2.75) is 26.3 Å². The molecule has 108 valence electrons. The van der Waals surface area contributed by atoms with Crippen molar-refractivity contribution in [3.05, 3.63) is 29.3 Å². The van der Waals surface area contributed by atoms with Gasteiger partial charge in [-0.1, -0.05) is 6.07 Å². The van der Waals surface area contributed by atoms with E-state index in [2.05, 4.69) is 5.32 Å². The second-order valence-electron chi connectivity index (χ2n) is 4.22. The summed E-state index contributed by atoms with van der Waals surface area (Å²) in [6.07, 6.45) is 0.705. The molecule has 1 rings (SSSR count). The lowest BCUT2D eigenvalue weighted by molar-refractivity contribution is -0.147. The van der Waals surface area contributed by atoms with Crippen LogP contribution < -0.4 is 5.32 Å². The third kappa shape index (κ3) is 4.38. The monoisotopic (exact) mass is 279 g/mol. The maximum absolute atomic E-state index is 11.7. The molecule has 0 unspecified atom stereocenters. The number of phenolic OH excluding ortho intramolecular Hbond substituents is 1. The molecule has 6 nitrogen and oxygen atoms in total. The van der Waals surface area contributed by atoms with Crippen LogP contribution in [0, 0.1) is 0 Å². The van der Waals surface area contributed by atoms with Gasteiger partial charge >= 0.3 is 5.97 Å². The van der Waals surface area contributed by atoms with Gasteiger partial charge in [-0.15, -0.1) is 0 Å². The van der Waals surface area contributed by atoms with Crippen molar-refractivity contribution in [2.24, 2.45) is 0 Å². The molecule has 0 heterocycles. The van der Waals surface area contributed by atoms with E-state index >= 15 is 0 Å². The molecule has 0 aliphatic carbocycles. The molecule has 0 saturated heterocycles. The van der Waals surface area contributed by atoms with E-state index in [0.29, 0.717) is 11.8 Å². The van der Waals surface area contributed by atoms with Crippen LogP contribution in [0.4, 0.5) is 0 Å². The Morgan fingerprint density at radius 3 is 2.70 bits per heavy atom. The van der Waals surface area contributed by atoms with E-state index < -0.39 is 12.0 Å². The van der Waals surface area contributed by atoms with Crippen molar-refractivity contribution in [2.75, 3.05) is 6.61 Å². The average molecular weight is 279 g/mol. The number of hydrogen-bond donors (Lipinski definition) is 2. The minimum Gasteiger partial charge on any atom is -0.507 e. The van der Waals surface area contributed by atoms with Crippen LogP contribution in [0.15, 0.2) is 18.2 Å². The smallest absolute Gasteiger partial charge is 0.328 e. The van der Waals surface area contributed by atoms with Crippen molar-refractivity contribution >= 4 is 18.2 Å². The van der Waals surface area contributed by atoms with Crippen LogP contribution in [-0.2, 0) is 20.7 Å². The maximum atomic E-state index is 11.7. The fraction of sp³-hybridized carbons (Fsp3) is 0.357. The number of hydrogen-bond acceptors (Lipinski definition) is 5. The molecule has 1 aromatic rings. The Hall–Kier alpha value is -2.37. The lowest BCUT2D eigenvalue weighted by Gasteiger charge is -2.16. The van der Waals surface area contributed by atoms with Crippen molar-refractivity contribution in [3.63, 3.8) is 0 Å². The van der Waals surface area contributed by atoms with Crippen molar-refractivity contribution in [3.8, 4) is 5.75 Å². The molecule has 1 aromatic carbocycles. The number of amides is 1. The van der Waals surface area contributed by atoms with Gasteiger partial charge in [0.05, 0.1) is 12.2 Å². The van der Waals surface area contributed by atoms with Crippen LogP contribution in [0.3, 0.4) is 0 Å². The van der Waals surface area contributed by atoms with E-state index in [4.69, 9.17) is 4.74 Å². The highest BCUT2D eigenvalue weighted by molar-refractivity contribution is 5.84. The molecule has 0 bridgehead atoms. The SMILES string of the molecule is CCOC(=O)[C@@H](Cc1ccc(O)c(C=O)c1)NC(C)=O. The normalized spacial score (nSPS) is 11.5. The fourth-order valence-corrected chi connectivity index (χ4v) is 1.74. The summed E-state index contributed by atoms with van der Waals surface area (Å²) in [7, 11) is 0. The first-order chi connectivity index (χ1) is 9.47. The zero-order chi connectivity index (χ0) is 15.1. The third-order valence-electron chi connectivity index (χ3n) is 2.61. The minimum atomic E-state index is -0.823. The summed E-state index contributed by atoms with van der Waals surface area (Å²) in [5.41, 5.74) is 0.768. The largest absolute Gasteiger partial charge is 0.507 e. The van der Waals surface area contributed by atoms with E-state index in [1.54, 1.807) is 13.0 Å². The number of phenols is 1. The van der Waals surface area contributed by atoms with Crippen molar-refractivity contribution in [1.29, 1.82) is 0 Å². The molecule has 6 heteroatoms. The molecule has 0 saturated carbocycles. The highest BCUT2D eigenvalue weighted by atomic mass is 16.5. The number of ether oxygens (including phenoxy) is 1. The number of aromatic hydroxyl groups is 1. The summed E-state index contributed by atoms with van der Waals surface area (Å²) >= 11 is 0. The lowest BCUT2D eigenvalue weighted by Crippen LogP contribution is -2.42. The van der Waals surface area contributed by atoms with Gasteiger partial charge in [0.15, 0.2) is 6.29 Å². The van der Waals surface area contributed by atoms with Crippen LogP contribution in [0.1, 0.15) is 29.8 Å². The first-order valence-corrected chi connectivity index (χ1v) is 6.18. The first-order valence-electron chi connectivity index (χ1n) is 6.18. The summed E-state index contributed by atoms with van der Waals surface area (Å²) in [4.78, 5) is 33.6. The molecule has 0 spiro atoms. The second-order valence-corrected chi connectivity index (χ2v) is 4.22. The van der Waals surface area contributed by atoms with Crippen molar-refractivity contribution in [1.82, 2.24) is 5.32 Å². The number of carbonyl (C=O) groups excluding carboxylic acids is 3. The van der Waals surface area contributed by atoms with Crippen LogP contribution in [0.5, 0.6) is 5.75 Å².